The number of amides is 2. The standard InChI is InChI=1S/C24H28N2O7/c1-3-15-32-24(30)17-11-13-18(14-12-17)25-22(28)16-33-23(29)10-6-9-21(27)26-19-7-4-5-8-20(19)31-2/h4-5,7-8,11-14H,3,6,9-10,15-16H2,1-2H3,(H,25,28)(H,26,27). The van der Waals surface area contributed by atoms with E-state index in [9.17, 15) is 19.2 Å². The van der Waals surface area contributed by atoms with Crippen molar-refractivity contribution in [2.24, 2.45) is 0 Å². The van der Waals surface area contributed by atoms with E-state index in [4.69, 9.17) is 14.2 Å². The highest BCUT2D eigenvalue weighted by atomic mass is 16.5. The lowest BCUT2D eigenvalue weighted by Crippen LogP contribution is -2.21. The molecule has 0 atom stereocenters. The van der Waals surface area contributed by atoms with Crippen LogP contribution in [0.15, 0.2) is 48.5 Å². The maximum absolute atomic E-state index is 12.0. The number of esters is 2. The zero-order valence-electron chi connectivity index (χ0n) is 18.7. The van der Waals surface area contributed by atoms with E-state index in [0.717, 1.165) is 6.42 Å². The van der Waals surface area contributed by atoms with E-state index in [-0.39, 0.29) is 25.2 Å². The summed E-state index contributed by atoms with van der Waals surface area (Å²) in [6, 6.07) is 13.2. The molecule has 2 aromatic rings. The van der Waals surface area contributed by atoms with Gasteiger partial charge in [-0.15, -0.1) is 0 Å². The highest BCUT2D eigenvalue weighted by Crippen LogP contribution is 2.23. The van der Waals surface area contributed by atoms with Crippen molar-refractivity contribution in [2.75, 3.05) is 31.0 Å². The Bertz CT molecular complexity index is 958. The summed E-state index contributed by atoms with van der Waals surface area (Å²) in [5.41, 5.74) is 1.38. The normalized spacial score (nSPS) is 10.1. The van der Waals surface area contributed by atoms with E-state index < -0.39 is 24.5 Å². The van der Waals surface area contributed by atoms with Crippen molar-refractivity contribution in [1.82, 2.24) is 0 Å². The molecule has 33 heavy (non-hydrogen) atoms. The predicted octanol–water partition coefficient (Wildman–Crippen LogP) is 3.55. The lowest BCUT2D eigenvalue weighted by atomic mass is 10.2. The largest absolute Gasteiger partial charge is 0.495 e. The zero-order valence-corrected chi connectivity index (χ0v) is 18.7. The van der Waals surface area contributed by atoms with Gasteiger partial charge in [0.2, 0.25) is 5.91 Å². The lowest BCUT2D eigenvalue weighted by molar-refractivity contribution is -0.147. The Morgan fingerprint density at radius 2 is 1.58 bits per heavy atom. The van der Waals surface area contributed by atoms with E-state index >= 15 is 0 Å². The van der Waals surface area contributed by atoms with Crippen molar-refractivity contribution < 1.29 is 33.4 Å². The number of para-hydroxylation sites is 2. The molecule has 2 aromatic carbocycles. The fourth-order valence-electron chi connectivity index (χ4n) is 2.74. The summed E-state index contributed by atoms with van der Waals surface area (Å²) in [6.07, 6.45) is 1.12. The third-order valence-corrected chi connectivity index (χ3v) is 4.37. The summed E-state index contributed by atoms with van der Waals surface area (Å²) in [6.45, 7) is 1.79. The third-order valence-electron chi connectivity index (χ3n) is 4.37. The zero-order chi connectivity index (χ0) is 24.1. The summed E-state index contributed by atoms with van der Waals surface area (Å²) in [4.78, 5) is 47.6. The molecule has 9 heteroatoms. The Hall–Kier alpha value is -3.88. The minimum Gasteiger partial charge on any atom is -0.495 e. The van der Waals surface area contributed by atoms with Gasteiger partial charge in [-0.25, -0.2) is 4.79 Å². The van der Waals surface area contributed by atoms with Crippen LogP contribution in [0, 0.1) is 0 Å². The fraction of sp³-hybridized carbons (Fsp3) is 0.333. The molecule has 176 valence electrons. The highest BCUT2D eigenvalue weighted by Gasteiger charge is 2.12. The van der Waals surface area contributed by atoms with Crippen LogP contribution in [-0.4, -0.2) is 44.1 Å². The van der Waals surface area contributed by atoms with Crippen LogP contribution in [0.3, 0.4) is 0 Å². The summed E-state index contributed by atoms with van der Waals surface area (Å²) >= 11 is 0. The van der Waals surface area contributed by atoms with Crippen LogP contribution in [0.5, 0.6) is 5.75 Å². The van der Waals surface area contributed by atoms with Gasteiger partial charge in [0, 0.05) is 18.5 Å². The molecule has 0 heterocycles. The first-order valence-electron chi connectivity index (χ1n) is 10.6. The van der Waals surface area contributed by atoms with E-state index in [0.29, 0.717) is 29.3 Å². The van der Waals surface area contributed by atoms with E-state index in [1.807, 2.05) is 6.92 Å². The molecule has 0 aliphatic rings. The molecule has 0 aliphatic heterocycles. The molecule has 0 radical (unpaired) electrons. The molecule has 0 unspecified atom stereocenters. The van der Waals surface area contributed by atoms with Gasteiger partial charge in [0.1, 0.15) is 5.75 Å². The Kier molecular flexibility index (Phi) is 10.4. The molecule has 2 rings (SSSR count). The van der Waals surface area contributed by atoms with Gasteiger partial charge in [-0.3, -0.25) is 14.4 Å². The summed E-state index contributed by atoms with van der Waals surface area (Å²) in [5, 5.41) is 5.30. The Labute approximate surface area is 192 Å². The third kappa shape index (κ3) is 9.02. The molecule has 0 spiro atoms. The number of hydrogen-bond acceptors (Lipinski definition) is 7. The predicted molar refractivity (Wildman–Crippen MR) is 122 cm³/mol. The van der Waals surface area contributed by atoms with Gasteiger partial charge in [0.25, 0.3) is 5.91 Å². The topological polar surface area (TPSA) is 120 Å². The maximum Gasteiger partial charge on any atom is 0.338 e. The van der Waals surface area contributed by atoms with Crippen molar-refractivity contribution in [2.45, 2.75) is 32.6 Å². The first kappa shape index (κ1) is 25.4. The number of methoxy groups -OCH3 is 1. The number of carbonyl (C=O) groups excluding carboxylic acids is 4. The maximum atomic E-state index is 12.0. The van der Waals surface area contributed by atoms with Gasteiger partial charge in [0.05, 0.1) is 25.0 Å². The molecular weight excluding hydrogens is 428 g/mol. The number of ether oxygens (including phenoxy) is 3. The molecule has 0 aromatic heterocycles. The van der Waals surface area contributed by atoms with Crippen molar-refractivity contribution in [3.63, 3.8) is 0 Å². The number of hydrogen-bond donors (Lipinski definition) is 2. The smallest absolute Gasteiger partial charge is 0.338 e. The van der Waals surface area contributed by atoms with Crippen LogP contribution in [0.2, 0.25) is 0 Å². The average molecular weight is 456 g/mol. The second-order valence-electron chi connectivity index (χ2n) is 7.02. The molecule has 0 fully saturated rings. The number of benzene rings is 2. The summed E-state index contributed by atoms with van der Waals surface area (Å²) in [5.74, 6) is -1.24. The Balaban J connectivity index is 1.66. The molecule has 0 saturated carbocycles. The van der Waals surface area contributed by atoms with Crippen LogP contribution in [0.1, 0.15) is 43.0 Å². The Morgan fingerprint density at radius 3 is 2.27 bits per heavy atom. The molecule has 0 aliphatic carbocycles. The monoisotopic (exact) mass is 456 g/mol. The minimum atomic E-state index is -0.579. The van der Waals surface area contributed by atoms with Gasteiger partial charge in [-0.1, -0.05) is 19.1 Å². The van der Waals surface area contributed by atoms with E-state index in [1.54, 1.807) is 36.4 Å². The first-order chi connectivity index (χ1) is 15.9. The molecule has 0 bridgehead atoms. The fourth-order valence-corrected chi connectivity index (χ4v) is 2.74. The first-order valence-corrected chi connectivity index (χ1v) is 10.6. The molecule has 2 amide bonds. The van der Waals surface area contributed by atoms with Crippen molar-refractivity contribution in [3.8, 4) is 5.75 Å². The molecule has 2 N–H and O–H groups in total. The van der Waals surface area contributed by atoms with E-state index in [2.05, 4.69) is 10.6 Å². The summed E-state index contributed by atoms with van der Waals surface area (Å²) < 4.78 is 15.1. The second-order valence-corrected chi connectivity index (χ2v) is 7.02. The van der Waals surface area contributed by atoms with Crippen LogP contribution in [-0.2, 0) is 23.9 Å². The SMILES string of the molecule is CCCOC(=O)c1ccc(NC(=O)COC(=O)CCCC(=O)Nc2ccccc2OC)cc1. The van der Waals surface area contributed by atoms with Gasteiger partial charge in [-0.05, 0) is 49.2 Å². The Morgan fingerprint density at radius 1 is 0.848 bits per heavy atom. The molecular formula is C24H28N2O7. The second kappa shape index (κ2) is 13.5. The van der Waals surface area contributed by atoms with E-state index in [1.165, 1.54) is 19.2 Å². The van der Waals surface area contributed by atoms with Crippen molar-refractivity contribution >= 4 is 35.1 Å². The number of anilines is 2. The average Bonchev–Trinajstić information content (AvgIpc) is 2.82. The van der Waals surface area contributed by atoms with Gasteiger partial charge >= 0.3 is 11.9 Å². The van der Waals surface area contributed by atoms with Crippen LogP contribution in [0.4, 0.5) is 11.4 Å². The van der Waals surface area contributed by atoms with Crippen LogP contribution in [0.25, 0.3) is 0 Å². The van der Waals surface area contributed by atoms with Crippen LogP contribution >= 0.6 is 0 Å². The van der Waals surface area contributed by atoms with Crippen molar-refractivity contribution in [3.05, 3.63) is 54.1 Å². The number of carbonyl (C=O) groups is 4. The van der Waals surface area contributed by atoms with Crippen LogP contribution < -0.4 is 15.4 Å². The number of nitrogens with one attached hydrogen (secondary N) is 2. The van der Waals surface area contributed by atoms with Crippen molar-refractivity contribution in [1.29, 1.82) is 0 Å². The summed E-state index contributed by atoms with van der Waals surface area (Å²) in [7, 11) is 1.51. The minimum absolute atomic E-state index is 0.00118. The highest BCUT2D eigenvalue weighted by molar-refractivity contribution is 5.94. The van der Waals surface area contributed by atoms with Gasteiger partial charge in [0.15, 0.2) is 6.61 Å². The lowest BCUT2D eigenvalue weighted by Gasteiger charge is -2.10. The van der Waals surface area contributed by atoms with Gasteiger partial charge in [-0.2, -0.15) is 0 Å². The number of rotatable bonds is 12. The molecule has 9 nitrogen and oxygen atoms in total. The van der Waals surface area contributed by atoms with Gasteiger partial charge < -0.3 is 24.8 Å². The quantitative estimate of drug-likeness (QED) is 0.469. The molecule has 0 saturated heterocycles.